The summed E-state index contributed by atoms with van der Waals surface area (Å²) in [7, 11) is 0. The fourth-order valence-corrected chi connectivity index (χ4v) is 3.80. The Kier molecular flexibility index (Phi) is 4.25. The third kappa shape index (κ3) is 3.04. The highest BCUT2D eigenvalue weighted by Gasteiger charge is 2.30. The van der Waals surface area contributed by atoms with Crippen LogP contribution in [0.15, 0.2) is 28.7 Å². The van der Waals surface area contributed by atoms with Crippen LogP contribution in [0.3, 0.4) is 0 Å². The van der Waals surface area contributed by atoms with Crippen molar-refractivity contribution in [2.45, 2.75) is 38.3 Å². The molecule has 0 spiro atoms. The Morgan fingerprint density at radius 3 is 2.63 bits per heavy atom. The Morgan fingerprint density at radius 1 is 1.11 bits per heavy atom. The molecular weight excluding hydrogens is 300 g/mol. The molecule has 3 rings (SSSR count). The first-order valence-electron chi connectivity index (χ1n) is 7.47. The van der Waals surface area contributed by atoms with E-state index < -0.39 is 0 Å². The number of benzene rings is 1. The summed E-state index contributed by atoms with van der Waals surface area (Å²) >= 11 is 3.52. The second-order valence-electron chi connectivity index (χ2n) is 5.91. The molecule has 0 amide bonds. The molecule has 2 atom stereocenters. The van der Waals surface area contributed by atoms with Gasteiger partial charge in [0.2, 0.25) is 0 Å². The van der Waals surface area contributed by atoms with Crippen LogP contribution in [0.2, 0.25) is 0 Å². The van der Waals surface area contributed by atoms with Gasteiger partial charge in [0, 0.05) is 29.6 Å². The fraction of sp³-hybridized carbons (Fsp3) is 0.625. The van der Waals surface area contributed by atoms with E-state index in [-0.39, 0.29) is 0 Å². The van der Waals surface area contributed by atoms with E-state index >= 15 is 0 Å². The van der Waals surface area contributed by atoms with Crippen molar-refractivity contribution >= 4 is 15.9 Å². The lowest BCUT2D eigenvalue weighted by Gasteiger charge is -2.31. The number of nitrogens with zero attached hydrogens (tertiary/aromatic N) is 2. The van der Waals surface area contributed by atoms with Gasteiger partial charge in [0.1, 0.15) is 0 Å². The van der Waals surface area contributed by atoms with Gasteiger partial charge >= 0.3 is 0 Å². The molecule has 2 fully saturated rings. The van der Waals surface area contributed by atoms with Crippen molar-refractivity contribution in [1.29, 1.82) is 0 Å². The molecule has 0 aromatic heterocycles. The number of rotatable bonds is 2. The maximum absolute atomic E-state index is 3.52. The largest absolute Gasteiger partial charge is 0.299 e. The SMILES string of the molecule is CC(c1ccc(Br)cc1)N1CCCN2CCCC2C1. The smallest absolute Gasteiger partial charge is 0.0320 e. The Labute approximate surface area is 124 Å². The lowest BCUT2D eigenvalue weighted by Crippen LogP contribution is -2.37. The van der Waals surface area contributed by atoms with Crippen LogP contribution in [0, 0.1) is 0 Å². The average molecular weight is 323 g/mol. The van der Waals surface area contributed by atoms with Crippen LogP contribution < -0.4 is 0 Å². The van der Waals surface area contributed by atoms with E-state index in [1.54, 1.807) is 0 Å². The zero-order chi connectivity index (χ0) is 13.2. The number of hydrogen-bond donors (Lipinski definition) is 0. The van der Waals surface area contributed by atoms with Crippen molar-refractivity contribution in [3.63, 3.8) is 0 Å². The topological polar surface area (TPSA) is 6.48 Å². The summed E-state index contributed by atoms with van der Waals surface area (Å²) in [6, 6.07) is 10.2. The summed E-state index contributed by atoms with van der Waals surface area (Å²) in [5.74, 6) is 0. The van der Waals surface area contributed by atoms with Crippen molar-refractivity contribution in [2.24, 2.45) is 0 Å². The van der Waals surface area contributed by atoms with Crippen LogP contribution in [0.25, 0.3) is 0 Å². The third-order valence-corrected chi connectivity index (χ3v) is 5.26. The highest BCUT2D eigenvalue weighted by Crippen LogP contribution is 2.28. The minimum atomic E-state index is 0.536. The molecule has 19 heavy (non-hydrogen) atoms. The minimum Gasteiger partial charge on any atom is -0.299 e. The van der Waals surface area contributed by atoms with Gasteiger partial charge in [-0.2, -0.15) is 0 Å². The van der Waals surface area contributed by atoms with Gasteiger partial charge in [-0.3, -0.25) is 9.80 Å². The second-order valence-corrected chi connectivity index (χ2v) is 6.82. The molecule has 0 saturated carbocycles. The summed E-state index contributed by atoms with van der Waals surface area (Å²) in [5, 5.41) is 0. The van der Waals surface area contributed by atoms with Gasteiger partial charge in [0.05, 0.1) is 0 Å². The summed E-state index contributed by atoms with van der Waals surface area (Å²) < 4.78 is 1.17. The monoisotopic (exact) mass is 322 g/mol. The van der Waals surface area contributed by atoms with Crippen LogP contribution in [0.5, 0.6) is 0 Å². The Balaban J connectivity index is 1.71. The molecule has 2 nitrogen and oxygen atoms in total. The molecular formula is C16H23BrN2. The van der Waals surface area contributed by atoms with E-state index in [9.17, 15) is 0 Å². The zero-order valence-electron chi connectivity index (χ0n) is 11.7. The normalized spacial score (nSPS) is 26.9. The van der Waals surface area contributed by atoms with E-state index in [1.165, 1.54) is 55.5 Å². The Bertz CT molecular complexity index is 417. The van der Waals surface area contributed by atoms with Gasteiger partial charge in [0.25, 0.3) is 0 Å². The first kappa shape index (κ1) is 13.6. The number of halogens is 1. The molecule has 2 aliphatic heterocycles. The maximum Gasteiger partial charge on any atom is 0.0320 e. The van der Waals surface area contributed by atoms with Crippen molar-refractivity contribution in [3.05, 3.63) is 34.3 Å². The highest BCUT2D eigenvalue weighted by molar-refractivity contribution is 9.10. The van der Waals surface area contributed by atoms with E-state index in [1.807, 2.05) is 0 Å². The summed E-state index contributed by atoms with van der Waals surface area (Å²) in [5.41, 5.74) is 1.44. The Hall–Kier alpha value is -0.380. The molecule has 2 saturated heterocycles. The zero-order valence-corrected chi connectivity index (χ0v) is 13.3. The van der Waals surface area contributed by atoms with Gasteiger partial charge in [-0.1, -0.05) is 28.1 Å². The molecule has 3 heteroatoms. The summed E-state index contributed by atoms with van der Waals surface area (Å²) in [6.07, 6.45) is 4.10. The summed E-state index contributed by atoms with van der Waals surface area (Å²) in [6.45, 7) is 7.47. The van der Waals surface area contributed by atoms with Crippen molar-refractivity contribution in [2.75, 3.05) is 26.2 Å². The van der Waals surface area contributed by atoms with Crippen LogP contribution in [-0.2, 0) is 0 Å². The molecule has 1 aromatic carbocycles. The molecule has 1 aromatic rings. The number of fused-ring (bicyclic) bond motifs is 1. The molecule has 2 unspecified atom stereocenters. The van der Waals surface area contributed by atoms with E-state index in [0.717, 1.165) is 6.04 Å². The van der Waals surface area contributed by atoms with Crippen molar-refractivity contribution in [3.8, 4) is 0 Å². The van der Waals surface area contributed by atoms with Crippen LogP contribution >= 0.6 is 15.9 Å². The highest BCUT2D eigenvalue weighted by atomic mass is 79.9. The van der Waals surface area contributed by atoms with Crippen molar-refractivity contribution < 1.29 is 0 Å². The van der Waals surface area contributed by atoms with E-state index in [4.69, 9.17) is 0 Å². The van der Waals surface area contributed by atoms with Gasteiger partial charge in [-0.05, 0) is 57.0 Å². The molecule has 2 aliphatic rings. The minimum absolute atomic E-state index is 0.536. The van der Waals surface area contributed by atoms with E-state index in [0.29, 0.717) is 6.04 Å². The molecule has 0 N–H and O–H groups in total. The molecule has 2 heterocycles. The van der Waals surface area contributed by atoms with Crippen LogP contribution in [0.1, 0.15) is 37.8 Å². The standard InChI is InChI=1S/C16H23BrN2/c1-13(14-5-7-15(17)8-6-14)19-11-3-10-18-9-2-4-16(18)12-19/h5-8,13,16H,2-4,9-12H2,1H3. The quantitative estimate of drug-likeness (QED) is 0.819. The van der Waals surface area contributed by atoms with Gasteiger partial charge < -0.3 is 0 Å². The third-order valence-electron chi connectivity index (χ3n) is 4.74. The second kappa shape index (κ2) is 5.94. The predicted octanol–water partition coefficient (Wildman–Crippen LogP) is 3.68. The molecule has 104 valence electrons. The van der Waals surface area contributed by atoms with E-state index in [2.05, 4.69) is 56.9 Å². The molecule has 0 radical (unpaired) electrons. The Morgan fingerprint density at radius 2 is 1.84 bits per heavy atom. The lowest BCUT2D eigenvalue weighted by molar-refractivity contribution is 0.182. The number of hydrogen-bond acceptors (Lipinski definition) is 2. The van der Waals surface area contributed by atoms with Crippen molar-refractivity contribution in [1.82, 2.24) is 9.80 Å². The first-order valence-corrected chi connectivity index (χ1v) is 8.27. The predicted molar refractivity (Wildman–Crippen MR) is 83.3 cm³/mol. The molecule has 0 bridgehead atoms. The van der Waals surface area contributed by atoms with Crippen LogP contribution in [-0.4, -0.2) is 42.0 Å². The van der Waals surface area contributed by atoms with Gasteiger partial charge in [-0.25, -0.2) is 0 Å². The molecule has 0 aliphatic carbocycles. The van der Waals surface area contributed by atoms with Gasteiger partial charge in [-0.15, -0.1) is 0 Å². The lowest BCUT2D eigenvalue weighted by atomic mass is 10.1. The van der Waals surface area contributed by atoms with Crippen LogP contribution in [0.4, 0.5) is 0 Å². The maximum atomic E-state index is 3.52. The summed E-state index contributed by atoms with van der Waals surface area (Å²) in [4.78, 5) is 5.38. The average Bonchev–Trinajstić information content (AvgIpc) is 2.76. The van der Waals surface area contributed by atoms with Gasteiger partial charge in [0.15, 0.2) is 0 Å². The first-order chi connectivity index (χ1) is 9.24. The fourth-order valence-electron chi connectivity index (χ4n) is 3.54.